The zero-order valence-electron chi connectivity index (χ0n) is 15.6. The van der Waals surface area contributed by atoms with Crippen LogP contribution in [-0.2, 0) is 16.0 Å². The Morgan fingerprint density at radius 3 is 2.50 bits per heavy atom. The maximum absolute atomic E-state index is 12.8. The molecule has 0 aliphatic heterocycles. The largest absolute Gasteiger partial charge is 0.489 e. The van der Waals surface area contributed by atoms with Crippen LogP contribution in [0.4, 0.5) is 8.78 Å². The lowest BCUT2D eigenvalue weighted by Gasteiger charge is -2.21. The molecule has 2 aromatic rings. The number of halogens is 5. The summed E-state index contributed by atoms with van der Waals surface area (Å²) in [7, 11) is 0. The highest BCUT2D eigenvalue weighted by Gasteiger charge is 2.25. The number of hydrogen-bond acceptors (Lipinski definition) is 5. The molecule has 1 aliphatic rings. The average Bonchev–Trinajstić information content (AvgIpc) is 3.53. The van der Waals surface area contributed by atoms with Crippen molar-refractivity contribution in [3.63, 3.8) is 0 Å². The number of rotatable bonds is 10. The lowest BCUT2D eigenvalue weighted by molar-refractivity contribution is -0.146. The lowest BCUT2D eigenvalue weighted by Crippen LogP contribution is -2.15. The van der Waals surface area contributed by atoms with Crippen LogP contribution in [0.15, 0.2) is 30.6 Å². The van der Waals surface area contributed by atoms with E-state index in [0.29, 0.717) is 33.7 Å². The number of benzene rings is 1. The van der Waals surface area contributed by atoms with Crippen LogP contribution in [0, 0.1) is 5.92 Å². The molecule has 0 N–H and O–H groups in total. The Labute approximate surface area is 190 Å². The quantitative estimate of drug-likeness (QED) is 0.282. The van der Waals surface area contributed by atoms with Gasteiger partial charge in [-0.05, 0) is 42.0 Å². The third kappa shape index (κ3) is 6.43. The van der Waals surface area contributed by atoms with Crippen molar-refractivity contribution in [1.82, 2.24) is 4.98 Å². The fraction of sp³-hybridized carbons (Fsp3) is 0.400. The van der Waals surface area contributed by atoms with Gasteiger partial charge in [-0.15, -0.1) is 0 Å². The molecule has 0 spiro atoms. The maximum Gasteiger partial charge on any atom is 0.387 e. The molecular weight excluding hydrogens is 507 g/mol. The standard InChI is InChI=1S/C20H18BrCl2F2NO4/c21-7-19(27)29-17(6-13-14(22)8-26-9-15(13)23)12-3-4-16(30-20(24)25)18(5-12)28-10-11-1-2-11/h3-5,8-9,11,17,20H,1-2,6-7,10H2/t17-/m0/s1. The van der Waals surface area contributed by atoms with Gasteiger partial charge in [-0.3, -0.25) is 9.78 Å². The Hall–Kier alpha value is -1.64. The van der Waals surface area contributed by atoms with Gasteiger partial charge in [-0.2, -0.15) is 8.78 Å². The molecule has 1 aromatic carbocycles. The summed E-state index contributed by atoms with van der Waals surface area (Å²) in [6.45, 7) is -2.59. The minimum Gasteiger partial charge on any atom is -0.489 e. The molecule has 1 heterocycles. The van der Waals surface area contributed by atoms with E-state index >= 15 is 0 Å². The van der Waals surface area contributed by atoms with Crippen molar-refractivity contribution in [2.75, 3.05) is 11.9 Å². The third-order valence-corrected chi connectivity index (χ3v) is 5.56. The second-order valence-electron chi connectivity index (χ2n) is 6.74. The van der Waals surface area contributed by atoms with E-state index in [9.17, 15) is 13.6 Å². The van der Waals surface area contributed by atoms with Crippen LogP contribution >= 0.6 is 39.1 Å². The summed E-state index contributed by atoms with van der Waals surface area (Å²) in [6, 6.07) is 4.45. The first-order valence-corrected chi connectivity index (χ1v) is 11.0. The lowest BCUT2D eigenvalue weighted by atomic mass is 10.0. The molecular formula is C20H18BrCl2F2NO4. The Morgan fingerprint density at radius 1 is 1.20 bits per heavy atom. The summed E-state index contributed by atoms with van der Waals surface area (Å²) in [5.41, 5.74) is 1.08. The highest BCUT2D eigenvalue weighted by atomic mass is 79.9. The van der Waals surface area contributed by atoms with Gasteiger partial charge in [0, 0.05) is 18.8 Å². The van der Waals surface area contributed by atoms with Gasteiger partial charge in [-0.25, -0.2) is 0 Å². The maximum atomic E-state index is 12.8. The van der Waals surface area contributed by atoms with Crippen molar-refractivity contribution in [3.8, 4) is 11.5 Å². The van der Waals surface area contributed by atoms with Gasteiger partial charge in [0.25, 0.3) is 0 Å². The Kier molecular flexibility index (Phi) is 8.13. The first-order chi connectivity index (χ1) is 14.4. The van der Waals surface area contributed by atoms with Crippen LogP contribution in [-0.4, -0.2) is 29.5 Å². The van der Waals surface area contributed by atoms with Crippen LogP contribution in [0.25, 0.3) is 0 Å². The molecule has 1 aromatic heterocycles. The van der Waals surface area contributed by atoms with Crippen LogP contribution in [0.1, 0.15) is 30.1 Å². The van der Waals surface area contributed by atoms with E-state index in [0.717, 1.165) is 12.8 Å². The highest BCUT2D eigenvalue weighted by molar-refractivity contribution is 9.09. The third-order valence-electron chi connectivity index (χ3n) is 4.45. The molecule has 0 radical (unpaired) electrons. The summed E-state index contributed by atoms with van der Waals surface area (Å²) >= 11 is 15.5. The number of carbonyl (C=O) groups is 1. The second-order valence-corrected chi connectivity index (χ2v) is 8.11. The predicted molar refractivity (Wildman–Crippen MR) is 112 cm³/mol. The molecule has 0 unspecified atom stereocenters. The molecule has 0 bridgehead atoms. The van der Waals surface area contributed by atoms with Gasteiger partial charge in [0.1, 0.15) is 11.4 Å². The first-order valence-electron chi connectivity index (χ1n) is 9.12. The zero-order chi connectivity index (χ0) is 21.7. The first kappa shape index (κ1) is 23.0. The molecule has 1 atom stereocenters. The molecule has 162 valence electrons. The number of alkyl halides is 3. The van der Waals surface area contributed by atoms with Crippen molar-refractivity contribution in [2.24, 2.45) is 5.92 Å². The van der Waals surface area contributed by atoms with E-state index in [4.69, 9.17) is 32.7 Å². The van der Waals surface area contributed by atoms with Crippen molar-refractivity contribution in [1.29, 1.82) is 0 Å². The molecule has 30 heavy (non-hydrogen) atoms. The van der Waals surface area contributed by atoms with Gasteiger partial charge in [0.05, 0.1) is 16.7 Å². The predicted octanol–water partition coefficient (Wildman–Crippen LogP) is 6.00. The summed E-state index contributed by atoms with van der Waals surface area (Å²) in [5.74, 6) is -0.0226. The van der Waals surface area contributed by atoms with Crippen molar-refractivity contribution in [2.45, 2.75) is 32.0 Å². The summed E-state index contributed by atoms with van der Waals surface area (Å²) in [5, 5.41) is 0.634. The number of carbonyl (C=O) groups excluding carboxylic acids is 1. The molecule has 1 aliphatic carbocycles. The molecule has 5 nitrogen and oxygen atoms in total. The number of pyridine rings is 1. The van der Waals surface area contributed by atoms with Gasteiger partial charge in [0.15, 0.2) is 11.5 Å². The van der Waals surface area contributed by atoms with Crippen LogP contribution < -0.4 is 9.47 Å². The highest BCUT2D eigenvalue weighted by Crippen LogP contribution is 2.37. The van der Waals surface area contributed by atoms with Crippen molar-refractivity contribution < 1.29 is 27.8 Å². The van der Waals surface area contributed by atoms with Crippen LogP contribution in [0.5, 0.6) is 11.5 Å². The Morgan fingerprint density at radius 2 is 1.90 bits per heavy atom. The SMILES string of the molecule is O=C(CBr)O[C@@H](Cc1c(Cl)cncc1Cl)c1ccc(OC(F)F)c(OCC2CC2)c1. The molecule has 3 rings (SSSR count). The molecule has 0 saturated heterocycles. The minimum atomic E-state index is -2.99. The number of nitrogens with zero attached hydrogens (tertiary/aromatic N) is 1. The van der Waals surface area contributed by atoms with Gasteiger partial charge >= 0.3 is 12.6 Å². The van der Waals surface area contributed by atoms with Crippen molar-refractivity contribution in [3.05, 3.63) is 51.8 Å². The van der Waals surface area contributed by atoms with E-state index in [1.54, 1.807) is 0 Å². The van der Waals surface area contributed by atoms with E-state index in [1.165, 1.54) is 30.6 Å². The monoisotopic (exact) mass is 523 g/mol. The summed E-state index contributed by atoms with van der Waals surface area (Å²) < 4.78 is 41.4. The summed E-state index contributed by atoms with van der Waals surface area (Å²) in [4.78, 5) is 15.9. The van der Waals surface area contributed by atoms with Crippen LogP contribution in [0.2, 0.25) is 10.0 Å². The molecule has 1 fully saturated rings. The van der Waals surface area contributed by atoms with Gasteiger partial charge < -0.3 is 14.2 Å². The number of esters is 1. The van der Waals surface area contributed by atoms with E-state index in [2.05, 4.69) is 25.7 Å². The van der Waals surface area contributed by atoms with Gasteiger partial charge in [0.2, 0.25) is 0 Å². The molecule has 1 saturated carbocycles. The second kappa shape index (κ2) is 10.6. The van der Waals surface area contributed by atoms with E-state index in [-0.39, 0.29) is 23.2 Å². The smallest absolute Gasteiger partial charge is 0.387 e. The van der Waals surface area contributed by atoms with Gasteiger partial charge in [-0.1, -0.05) is 45.2 Å². The number of aromatic nitrogens is 1. The summed E-state index contributed by atoms with van der Waals surface area (Å²) in [6.07, 6.45) is 4.34. The number of hydrogen-bond donors (Lipinski definition) is 0. The zero-order valence-corrected chi connectivity index (χ0v) is 18.7. The fourth-order valence-electron chi connectivity index (χ4n) is 2.76. The normalized spacial score (nSPS) is 14.5. The van der Waals surface area contributed by atoms with E-state index < -0.39 is 18.7 Å². The van der Waals surface area contributed by atoms with Crippen molar-refractivity contribution >= 4 is 45.1 Å². The minimum absolute atomic E-state index is 0.0150. The molecule has 0 amide bonds. The molecule has 10 heteroatoms. The number of ether oxygens (including phenoxy) is 3. The van der Waals surface area contributed by atoms with Crippen LogP contribution in [0.3, 0.4) is 0 Å². The average molecular weight is 525 g/mol. The topological polar surface area (TPSA) is 57.7 Å². The van der Waals surface area contributed by atoms with E-state index in [1.807, 2.05) is 0 Å². The Bertz CT molecular complexity index is 879. The Balaban J connectivity index is 1.92. The fourth-order valence-corrected chi connectivity index (χ4v) is 3.41.